The lowest BCUT2D eigenvalue weighted by atomic mass is 10.0. The van der Waals surface area contributed by atoms with Gasteiger partial charge in [0.05, 0.1) is 93.5 Å². The third-order valence-electron chi connectivity index (χ3n) is 10.5. The molecule has 0 bridgehead atoms. The van der Waals surface area contributed by atoms with Crippen LogP contribution < -0.4 is 35.7 Å². The Hall–Kier alpha value is -6.03. The zero-order chi connectivity index (χ0) is 50.2. The number of aromatic nitrogens is 1. The second-order valence-electron chi connectivity index (χ2n) is 15.5. The quantitative estimate of drug-likeness (QED) is 0.0362. The maximum Gasteiger partial charge on any atom is 0.266 e. The number of sulfonamides is 1. The largest absolute Gasteiger partial charge is 0.490 e. The average molecular weight is 1110 g/mol. The lowest BCUT2D eigenvalue weighted by Gasteiger charge is -2.27. The summed E-state index contributed by atoms with van der Waals surface area (Å²) < 4.78 is 84.5. The van der Waals surface area contributed by atoms with Gasteiger partial charge < -0.3 is 43.8 Å². The van der Waals surface area contributed by atoms with Crippen LogP contribution in [0.25, 0.3) is 0 Å². The number of nitrogens with zero attached hydrogens (tertiary/aromatic N) is 2. The molecule has 0 radical (unpaired) electrons. The number of nitrogens with one attached hydrogen (secondary N) is 4. The number of fused-ring (bicyclic) bond motifs is 1. The molecule has 376 valence electrons. The highest BCUT2D eigenvalue weighted by Crippen LogP contribution is 2.34. The second kappa shape index (κ2) is 25.7. The molecule has 70 heavy (non-hydrogen) atoms. The molecule has 4 N–H and O–H groups in total. The van der Waals surface area contributed by atoms with Crippen molar-refractivity contribution in [2.24, 2.45) is 7.05 Å². The number of carbonyl (C=O) groups excluding carboxylic acids is 5. The molecule has 1 fully saturated rings. The van der Waals surface area contributed by atoms with Gasteiger partial charge in [-0.15, -0.1) is 0 Å². The van der Waals surface area contributed by atoms with E-state index < -0.39 is 57.0 Å². The fourth-order valence-electron chi connectivity index (χ4n) is 7.02. The lowest BCUT2D eigenvalue weighted by molar-refractivity contribution is -0.136. The highest BCUT2D eigenvalue weighted by molar-refractivity contribution is 14.1. The number of piperidine rings is 1. The summed E-state index contributed by atoms with van der Waals surface area (Å²) in [5.74, 6) is -2.91. The number of pyridine rings is 1. The van der Waals surface area contributed by atoms with Crippen molar-refractivity contribution in [3.63, 3.8) is 0 Å². The van der Waals surface area contributed by atoms with Crippen LogP contribution in [0.2, 0.25) is 0 Å². The molecule has 2 aliphatic rings. The van der Waals surface area contributed by atoms with E-state index >= 15 is 0 Å². The van der Waals surface area contributed by atoms with E-state index in [9.17, 15) is 41.6 Å². The van der Waals surface area contributed by atoms with Gasteiger partial charge in [-0.1, -0.05) is 6.07 Å². The predicted octanol–water partition coefficient (Wildman–Crippen LogP) is 3.04. The number of halogens is 2. The minimum Gasteiger partial charge on any atom is -0.490 e. The van der Waals surface area contributed by atoms with Gasteiger partial charge in [0.2, 0.25) is 11.8 Å². The maximum atomic E-state index is 14.7. The fourth-order valence-corrected chi connectivity index (χ4v) is 8.53. The summed E-state index contributed by atoms with van der Waals surface area (Å²) >= 11 is 1.96. The Kier molecular flexibility index (Phi) is 19.6. The van der Waals surface area contributed by atoms with Crippen molar-refractivity contribution < 1.29 is 69.9 Å². The summed E-state index contributed by atoms with van der Waals surface area (Å²) in [6.45, 7) is 4.53. The fraction of sp³-hybridized carbons (Fsp3) is 0.391. The Morgan fingerprint density at radius 3 is 2.04 bits per heavy atom. The monoisotopic (exact) mass is 1110 g/mol. The van der Waals surface area contributed by atoms with Crippen molar-refractivity contribution in [2.45, 2.75) is 30.7 Å². The Labute approximate surface area is 415 Å². The van der Waals surface area contributed by atoms with Gasteiger partial charge in [0.25, 0.3) is 33.3 Å². The summed E-state index contributed by atoms with van der Waals surface area (Å²) in [6.07, 6.45) is 0.0873. The molecule has 0 saturated carbocycles. The van der Waals surface area contributed by atoms with Gasteiger partial charge in [-0.2, -0.15) is 0 Å². The Bertz CT molecular complexity index is 2710. The van der Waals surface area contributed by atoms with Crippen LogP contribution in [0.4, 0.5) is 21.6 Å². The van der Waals surface area contributed by atoms with E-state index in [0.717, 1.165) is 4.90 Å². The topological polar surface area (TPSA) is 257 Å². The van der Waals surface area contributed by atoms with Crippen molar-refractivity contribution >= 4 is 79.3 Å². The molecule has 5 amide bonds. The minimum absolute atomic E-state index is 0.0278. The third kappa shape index (κ3) is 14.5. The van der Waals surface area contributed by atoms with Gasteiger partial charge in [0, 0.05) is 29.1 Å². The molecule has 1 saturated heterocycles. The van der Waals surface area contributed by atoms with E-state index in [2.05, 4.69) is 20.7 Å². The first-order valence-corrected chi connectivity index (χ1v) is 24.5. The lowest BCUT2D eigenvalue weighted by Crippen LogP contribution is -2.54. The Morgan fingerprint density at radius 2 is 1.41 bits per heavy atom. The number of anilines is 3. The average Bonchev–Trinajstić information content (AvgIpc) is 3.58. The number of rotatable bonds is 28. The van der Waals surface area contributed by atoms with Crippen molar-refractivity contribution in [1.29, 1.82) is 0 Å². The summed E-state index contributed by atoms with van der Waals surface area (Å²) in [6, 6.07) is 14.8. The molecule has 2 aliphatic heterocycles. The molecule has 21 nitrogen and oxygen atoms in total. The van der Waals surface area contributed by atoms with E-state index in [1.54, 1.807) is 18.2 Å². The summed E-state index contributed by atoms with van der Waals surface area (Å²) in [7, 11) is -2.74. The molecular weight excluding hydrogens is 1050 g/mol. The molecular formula is C46H52FIN6O15S. The number of aryl methyl sites for hydroxylation is 1. The SMILES string of the molecule is Cc1cc(NS(=O)(=O)c2ccc(OCC(=O)NCCOCCOCCOCCOCCOCCOc3cccc4c3C(=O)N(C3CCC(=O)NC3=O)C4=O)cc2)c(Nc2ccc(I)cc2F)n(C)c1=O. The molecule has 4 aromatic rings. The Morgan fingerprint density at radius 1 is 0.786 bits per heavy atom. The standard InChI is InChI=1S/C46H52FIN6O15S/c1-29-26-36(42(53(2)44(29)58)50-35-11-6-30(48)27-34(35)47)52-70(61,62)32-9-7-31(8-10-32)69-28-40(56)49-14-15-63-16-17-64-18-19-65-20-21-66-22-23-67-24-25-68-38-5-3-4-33-41(38)46(60)54(45(33)59)37-12-13-39(55)51-43(37)57/h3-11,26-27,37,50,52H,12-25,28H2,1-2H3,(H,49,56)(H,51,55,57). The van der Waals surface area contributed by atoms with Crippen LogP contribution in [-0.2, 0) is 55.1 Å². The molecule has 24 heteroatoms. The van der Waals surface area contributed by atoms with Crippen LogP contribution >= 0.6 is 22.6 Å². The molecule has 0 spiro atoms. The molecule has 3 heterocycles. The number of benzene rings is 3. The molecule has 1 atom stereocenters. The highest BCUT2D eigenvalue weighted by Gasteiger charge is 2.46. The minimum atomic E-state index is -4.18. The van der Waals surface area contributed by atoms with Crippen molar-refractivity contribution in [3.05, 3.63) is 103 Å². The van der Waals surface area contributed by atoms with Gasteiger partial charge in [-0.05, 0) is 96.6 Å². The molecule has 6 rings (SSSR count). The van der Waals surface area contributed by atoms with E-state index in [4.69, 9.17) is 33.2 Å². The van der Waals surface area contributed by atoms with Crippen LogP contribution in [0.5, 0.6) is 11.5 Å². The van der Waals surface area contributed by atoms with Crippen LogP contribution in [0, 0.1) is 16.3 Å². The number of amides is 5. The van der Waals surface area contributed by atoms with E-state index in [0.29, 0.717) is 49.8 Å². The van der Waals surface area contributed by atoms with E-state index in [-0.39, 0.29) is 103 Å². The van der Waals surface area contributed by atoms with Gasteiger partial charge >= 0.3 is 0 Å². The van der Waals surface area contributed by atoms with Crippen LogP contribution in [-0.4, -0.2) is 139 Å². The van der Waals surface area contributed by atoms with Crippen molar-refractivity contribution in [3.8, 4) is 11.5 Å². The van der Waals surface area contributed by atoms with Crippen LogP contribution in [0.15, 0.2) is 76.4 Å². The number of hydrogen-bond donors (Lipinski definition) is 4. The zero-order valence-corrected chi connectivity index (χ0v) is 41.2. The Balaban J connectivity index is 0.751. The van der Waals surface area contributed by atoms with Crippen molar-refractivity contribution in [2.75, 3.05) is 95.9 Å². The highest BCUT2D eigenvalue weighted by atomic mass is 127. The van der Waals surface area contributed by atoms with Gasteiger partial charge in [0.15, 0.2) is 6.61 Å². The summed E-state index contributed by atoms with van der Waals surface area (Å²) in [4.78, 5) is 75.7. The first kappa shape index (κ1) is 53.3. The molecule has 1 unspecified atom stereocenters. The summed E-state index contributed by atoms with van der Waals surface area (Å²) in [5, 5.41) is 7.67. The van der Waals surface area contributed by atoms with Gasteiger partial charge in [-0.25, -0.2) is 12.8 Å². The smallest absolute Gasteiger partial charge is 0.266 e. The zero-order valence-electron chi connectivity index (χ0n) is 38.2. The predicted molar refractivity (Wildman–Crippen MR) is 257 cm³/mol. The third-order valence-corrected chi connectivity index (χ3v) is 12.5. The van der Waals surface area contributed by atoms with Crippen molar-refractivity contribution in [1.82, 2.24) is 20.1 Å². The van der Waals surface area contributed by atoms with Crippen LogP contribution in [0.3, 0.4) is 0 Å². The number of carbonyl (C=O) groups is 5. The maximum absolute atomic E-state index is 14.7. The number of imide groups is 2. The first-order valence-electron chi connectivity index (χ1n) is 22.0. The van der Waals surface area contributed by atoms with E-state index in [1.165, 1.54) is 67.1 Å². The number of hydrogen-bond acceptors (Lipinski definition) is 16. The molecule has 0 aliphatic carbocycles. The second-order valence-corrected chi connectivity index (χ2v) is 18.4. The molecule has 3 aromatic carbocycles. The number of ether oxygens (including phenoxy) is 7. The van der Waals surface area contributed by atoms with Gasteiger partial charge in [-0.3, -0.25) is 48.3 Å². The normalized spacial score (nSPS) is 14.6. The summed E-state index contributed by atoms with van der Waals surface area (Å²) in [5.41, 5.74) is 0.147. The molecule has 1 aromatic heterocycles. The van der Waals surface area contributed by atoms with Gasteiger partial charge in [0.1, 0.15) is 35.8 Å². The van der Waals surface area contributed by atoms with E-state index in [1.807, 2.05) is 22.6 Å². The van der Waals surface area contributed by atoms with Crippen LogP contribution in [0.1, 0.15) is 39.1 Å². The first-order chi connectivity index (χ1) is 33.6.